The number of thioether (sulfide) groups is 1. The van der Waals surface area contributed by atoms with Gasteiger partial charge in [-0.15, -0.1) is 0 Å². The van der Waals surface area contributed by atoms with E-state index in [0.717, 1.165) is 0 Å². The van der Waals surface area contributed by atoms with Gasteiger partial charge in [-0.3, -0.25) is 4.79 Å². The number of carbonyl (C=O) groups excluding carboxylic acids is 1. The predicted octanol–water partition coefficient (Wildman–Crippen LogP) is 1.72. The van der Waals surface area contributed by atoms with Crippen molar-refractivity contribution >= 4 is 17.7 Å². The Morgan fingerprint density at radius 3 is 3.15 bits per heavy atom. The largest absolute Gasteiger partial charge is 0.465 e. The van der Waals surface area contributed by atoms with Crippen molar-refractivity contribution in [1.82, 2.24) is 4.98 Å². The van der Waals surface area contributed by atoms with Crippen molar-refractivity contribution in [2.45, 2.75) is 24.3 Å². The minimum atomic E-state index is -0.279. The van der Waals surface area contributed by atoms with Gasteiger partial charge in [-0.2, -0.15) is 0 Å². The van der Waals surface area contributed by atoms with Gasteiger partial charge in [0.05, 0.1) is 12.8 Å². The molecule has 0 fully saturated rings. The molecule has 13 heavy (non-hydrogen) atoms. The fraction of sp³-hybridized carbons (Fsp3) is 0.500. The summed E-state index contributed by atoms with van der Waals surface area (Å²) in [5, 5.41) is 0.208. The molecular weight excluding hydrogens is 190 g/mol. The molecule has 0 radical (unpaired) electrons. The van der Waals surface area contributed by atoms with Crippen molar-refractivity contribution in [3.63, 3.8) is 0 Å². The lowest BCUT2D eigenvalue weighted by Gasteiger charge is -2.06. The molecule has 0 saturated heterocycles. The summed E-state index contributed by atoms with van der Waals surface area (Å²) < 4.78 is 9.80. The predicted molar refractivity (Wildman–Crippen MR) is 48.5 cm³/mol. The summed E-state index contributed by atoms with van der Waals surface area (Å²) in [6.07, 6.45) is 3.01. The molecule has 1 aromatic rings. The molecule has 0 N–H and O–H groups in total. The number of hydrogen-bond donors (Lipinski definition) is 0. The van der Waals surface area contributed by atoms with E-state index in [0.29, 0.717) is 11.8 Å². The molecule has 0 aliphatic rings. The molecule has 1 heterocycles. The van der Waals surface area contributed by atoms with E-state index >= 15 is 0 Å². The summed E-state index contributed by atoms with van der Waals surface area (Å²) in [7, 11) is 0. The van der Waals surface area contributed by atoms with E-state index in [2.05, 4.69) is 4.98 Å². The quantitative estimate of drug-likeness (QED) is 0.548. The molecule has 1 atom stereocenters. The second-order valence-corrected chi connectivity index (χ2v) is 3.60. The molecule has 0 aliphatic heterocycles. The van der Waals surface area contributed by atoms with Crippen LogP contribution in [-0.4, -0.2) is 22.8 Å². The highest BCUT2D eigenvalue weighted by Crippen LogP contribution is 2.21. The molecule has 0 amide bonds. The Hall–Kier alpha value is -0.970. The van der Waals surface area contributed by atoms with Crippen molar-refractivity contribution in [2.24, 2.45) is 0 Å². The van der Waals surface area contributed by atoms with Gasteiger partial charge >= 0.3 is 5.97 Å². The van der Waals surface area contributed by atoms with Gasteiger partial charge in [-0.1, -0.05) is 11.8 Å². The lowest BCUT2D eigenvalue weighted by Crippen LogP contribution is -2.16. The maximum absolute atomic E-state index is 11.2. The van der Waals surface area contributed by atoms with Crippen LogP contribution in [0.25, 0.3) is 0 Å². The molecule has 0 aromatic carbocycles. The van der Waals surface area contributed by atoms with Gasteiger partial charge in [-0.25, -0.2) is 4.98 Å². The fourth-order valence-electron chi connectivity index (χ4n) is 0.728. The maximum Gasteiger partial charge on any atom is 0.319 e. The van der Waals surface area contributed by atoms with Gasteiger partial charge in [0.2, 0.25) is 0 Å². The van der Waals surface area contributed by atoms with Crippen LogP contribution in [0.4, 0.5) is 0 Å². The van der Waals surface area contributed by atoms with Crippen LogP contribution in [0, 0.1) is 0 Å². The van der Waals surface area contributed by atoms with Gasteiger partial charge in [0.25, 0.3) is 5.22 Å². The van der Waals surface area contributed by atoms with Crippen LogP contribution in [0.15, 0.2) is 22.1 Å². The third-order valence-corrected chi connectivity index (χ3v) is 2.26. The summed E-state index contributed by atoms with van der Waals surface area (Å²) in [6, 6.07) is 0. The van der Waals surface area contributed by atoms with Gasteiger partial charge in [0.1, 0.15) is 11.5 Å². The number of aromatic nitrogens is 1. The average Bonchev–Trinajstić information content (AvgIpc) is 2.57. The average molecular weight is 201 g/mol. The Balaban J connectivity index is 2.41. The molecule has 0 aliphatic carbocycles. The molecule has 0 saturated carbocycles. The Morgan fingerprint density at radius 2 is 2.62 bits per heavy atom. The minimum absolute atomic E-state index is 0.245. The first-order valence-corrected chi connectivity index (χ1v) is 4.84. The normalized spacial score (nSPS) is 12.5. The highest BCUT2D eigenvalue weighted by molar-refractivity contribution is 8.00. The van der Waals surface area contributed by atoms with Crippen LogP contribution in [0.2, 0.25) is 0 Å². The number of rotatable bonds is 4. The lowest BCUT2D eigenvalue weighted by atomic mass is 10.5. The summed E-state index contributed by atoms with van der Waals surface area (Å²) in [6.45, 7) is 3.93. The van der Waals surface area contributed by atoms with E-state index in [1.807, 2.05) is 0 Å². The van der Waals surface area contributed by atoms with E-state index < -0.39 is 0 Å². The summed E-state index contributed by atoms with van der Waals surface area (Å²) >= 11 is 1.25. The van der Waals surface area contributed by atoms with E-state index in [1.54, 1.807) is 20.0 Å². The van der Waals surface area contributed by atoms with Gasteiger partial charge in [-0.05, 0) is 13.8 Å². The highest BCUT2D eigenvalue weighted by Gasteiger charge is 2.17. The van der Waals surface area contributed by atoms with E-state index in [-0.39, 0.29) is 11.2 Å². The number of carbonyl (C=O) groups is 1. The molecule has 1 rings (SSSR count). The first-order valence-electron chi connectivity index (χ1n) is 3.96. The van der Waals surface area contributed by atoms with Crippen molar-refractivity contribution in [1.29, 1.82) is 0 Å². The zero-order chi connectivity index (χ0) is 9.68. The van der Waals surface area contributed by atoms with E-state index in [1.165, 1.54) is 18.0 Å². The number of nitrogens with zero attached hydrogens (tertiary/aromatic N) is 1. The minimum Gasteiger partial charge on any atom is -0.465 e. The number of oxazole rings is 1. The summed E-state index contributed by atoms with van der Waals surface area (Å²) in [5.74, 6) is -0.245. The van der Waals surface area contributed by atoms with Gasteiger partial charge < -0.3 is 9.15 Å². The lowest BCUT2D eigenvalue weighted by molar-refractivity contribution is -0.142. The molecule has 5 heteroatoms. The molecule has 72 valence electrons. The number of esters is 1. The Kier molecular flexibility index (Phi) is 3.82. The highest BCUT2D eigenvalue weighted by atomic mass is 32.2. The first kappa shape index (κ1) is 10.1. The monoisotopic (exact) mass is 201 g/mol. The molecular formula is C8H11NO3S. The maximum atomic E-state index is 11.2. The van der Waals surface area contributed by atoms with Crippen LogP contribution < -0.4 is 0 Å². The van der Waals surface area contributed by atoms with Crippen molar-refractivity contribution < 1.29 is 13.9 Å². The molecule has 4 nitrogen and oxygen atoms in total. The smallest absolute Gasteiger partial charge is 0.319 e. The number of ether oxygens (including phenoxy) is 1. The zero-order valence-corrected chi connectivity index (χ0v) is 8.34. The first-order chi connectivity index (χ1) is 6.24. The Morgan fingerprint density at radius 1 is 1.85 bits per heavy atom. The molecule has 1 aromatic heterocycles. The van der Waals surface area contributed by atoms with Crippen LogP contribution in [-0.2, 0) is 9.53 Å². The standard InChI is InChI=1S/C8H11NO3S/c1-3-11-7(10)6(2)13-8-9-4-5-12-8/h4-6H,3H2,1-2H3. The zero-order valence-electron chi connectivity index (χ0n) is 7.52. The number of hydrogen-bond acceptors (Lipinski definition) is 5. The van der Waals surface area contributed by atoms with Crippen LogP contribution >= 0.6 is 11.8 Å². The van der Waals surface area contributed by atoms with Crippen molar-refractivity contribution in [2.75, 3.05) is 6.61 Å². The summed E-state index contributed by atoms with van der Waals surface area (Å²) in [4.78, 5) is 15.0. The van der Waals surface area contributed by atoms with Crippen LogP contribution in [0.1, 0.15) is 13.8 Å². The Labute approximate surface area is 80.7 Å². The molecule has 1 unspecified atom stereocenters. The SMILES string of the molecule is CCOC(=O)C(C)Sc1ncco1. The van der Waals surface area contributed by atoms with E-state index in [4.69, 9.17) is 9.15 Å². The summed E-state index contributed by atoms with van der Waals surface area (Å²) in [5.41, 5.74) is 0. The Bertz CT molecular complexity index is 260. The van der Waals surface area contributed by atoms with Crippen LogP contribution in [0.3, 0.4) is 0 Å². The van der Waals surface area contributed by atoms with Crippen molar-refractivity contribution in [3.8, 4) is 0 Å². The second-order valence-electron chi connectivity index (χ2n) is 2.31. The third-order valence-electron chi connectivity index (χ3n) is 1.31. The topological polar surface area (TPSA) is 52.3 Å². The third kappa shape index (κ3) is 3.10. The molecule has 0 bridgehead atoms. The van der Waals surface area contributed by atoms with Crippen LogP contribution in [0.5, 0.6) is 0 Å². The second kappa shape index (κ2) is 4.91. The van der Waals surface area contributed by atoms with Gasteiger partial charge in [0, 0.05) is 0 Å². The van der Waals surface area contributed by atoms with Crippen molar-refractivity contribution in [3.05, 3.63) is 12.5 Å². The van der Waals surface area contributed by atoms with E-state index in [9.17, 15) is 4.79 Å². The van der Waals surface area contributed by atoms with Gasteiger partial charge in [0.15, 0.2) is 0 Å². The molecule has 0 spiro atoms. The fourth-order valence-corrected chi connectivity index (χ4v) is 1.43.